The van der Waals surface area contributed by atoms with Gasteiger partial charge < -0.3 is 15.3 Å². The molecule has 0 heterocycles. The number of Topliss-reactive ketones (excluding diaryl/α,β-unsaturated/α-hetero) is 1. The summed E-state index contributed by atoms with van der Waals surface area (Å²) in [4.78, 5) is 22.5. The van der Waals surface area contributed by atoms with Gasteiger partial charge in [0, 0.05) is 24.7 Å². The molecule has 23 heavy (non-hydrogen) atoms. The number of aliphatic hydroxyl groups excluding tert-OH is 2. The summed E-state index contributed by atoms with van der Waals surface area (Å²) in [6.07, 6.45) is 8.20. The van der Waals surface area contributed by atoms with Crippen molar-refractivity contribution in [2.45, 2.75) is 76.9 Å². The fourth-order valence-electron chi connectivity index (χ4n) is 3.19. The van der Waals surface area contributed by atoms with Crippen molar-refractivity contribution in [3.63, 3.8) is 0 Å². The number of unbranched alkanes of at least 4 members (excludes halogenated alkanes) is 3. The van der Waals surface area contributed by atoms with Crippen molar-refractivity contribution in [1.82, 2.24) is 0 Å². The number of carboxylic acid groups (broad SMARTS) is 1. The molecule has 5 heteroatoms. The van der Waals surface area contributed by atoms with E-state index >= 15 is 0 Å². The van der Waals surface area contributed by atoms with Gasteiger partial charge in [0.1, 0.15) is 5.78 Å². The van der Waals surface area contributed by atoms with Crippen LogP contribution in [0.2, 0.25) is 0 Å². The number of carbonyl (C=O) groups excluding carboxylic acids is 1. The van der Waals surface area contributed by atoms with E-state index in [-0.39, 0.29) is 30.5 Å². The van der Waals surface area contributed by atoms with Crippen molar-refractivity contribution >= 4 is 11.8 Å². The van der Waals surface area contributed by atoms with Crippen LogP contribution in [0.15, 0.2) is 12.2 Å². The van der Waals surface area contributed by atoms with Crippen LogP contribution in [-0.4, -0.2) is 39.3 Å². The second-order valence-corrected chi connectivity index (χ2v) is 6.51. The summed E-state index contributed by atoms with van der Waals surface area (Å²) >= 11 is 0. The molecule has 0 saturated heterocycles. The van der Waals surface area contributed by atoms with Crippen molar-refractivity contribution in [2.75, 3.05) is 0 Å². The van der Waals surface area contributed by atoms with Gasteiger partial charge in [-0.2, -0.15) is 0 Å². The lowest BCUT2D eigenvalue weighted by molar-refractivity contribution is -0.137. The first kappa shape index (κ1) is 19.8. The van der Waals surface area contributed by atoms with Crippen molar-refractivity contribution in [3.8, 4) is 0 Å². The number of hydrogen-bond acceptors (Lipinski definition) is 4. The van der Waals surface area contributed by atoms with Crippen molar-refractivity contribution < 1.29 is 24.9 Å². The van der Waals surface area contributed by atoms with E-state index in [9.17, 15) is 19.8 Å². The third kappa shape index (κ3) is 7.27. The summed E-state index contributed by atoms with van der Waals surface area (Å²) < 4.78 is 0. The molecule has 1 rings (SSSR count). The SMILES string of the molecule is CCCCC[C@@H](O)/C=C/[C@H]1[C@H](O)CC(=O)[C@@H]1CCCCC(=O)O. The Morgan fingerprint density at radius 3 is 2.70 bits per heavy atom. The minimum absolute atomic E-state index is 0.0444. The molecular formula is C18H30O5. The van der Waals surface area contributed by atoms with E-state index in [1.165, 1.54) is 0 Å². The zero-order valence-corrected chi connectivity index (χ0v) is 14.0. The quantitative estimate of drug-likeness (QED) is 0.401. The molecule has 0 aromatic carbocycles. The Bertz CT molecular complexity index is 404. The minimum Gasteiger partial charge on any atom is -0.481 e. The molecule has 5 nitrogen and oxygen atoms in total. The zero-order chi connectivity index (χ0) is 17.2. The van der Waals surface area contributed by atoms with E-state index in [0.29, 0.717) is 25.7 Å². The molecule has 132 valence electrons. The Hall–Kier alpha value is -1.20. The number of aliphatic hydroxyl groups is 2. The second-order valence-electron chi connectivity index (χ2n) is 6.51. The Morgan fingerprint density at radius 1 is 1.30 bits per heavy atom. The van der Waals surface area contributed by atoms with Crippen LogP contribution in [0.5, 0.6) is 0 Å². The molecule has 0 radical (unpaired) electrons. The summed E-state index contributed by atoms with van der Waals surface area (Å²) in [5, 5.41) is 28.6. The topological polar surface area (TPSA) is 94.8 Å². The average Bonchev–Trinajstić information content (AvgIpc) is 2.75. The monoisotopic (exact) mass is 326 g/mol. The summed E-state index contributed by atoms with van der Waals surface area (Å²) in [6.45, 7) is 2.11. The van der Waals surface area contributed by atoms with E-state index in [2.05, 4.69) is 6.92 Å². The van der Waals surface area contributed by atoms with Gasteiger partial charge in [-0.25, -0.2) is 0 Å². The van der Waals surface area contributed by atoms with Gasteiger partial charge in [-0.3, -0.25) is 9.59 Å². The molecule has 1 aliphatic rings. The maximum atomic E-state index is 12.0. The maximum Gasteiger partial charge on any atom is 0.303 e. The predicted octanol–water partition coefficient (Wildman–Crippen LogP) is 2.69. The molecule has 0 bridgehead atoms. The van der Waals surface area contributed by atoms with Gasteiger partial charge in [0.15, 0.2) is 0 Å². The van der Waals surface area contributed by atoms with Gasteiger partial charge in [-0.05, 0) is 19.3 Å². The number of rotatable bonds is 11. The smallest absolute Gasteiger partial charge is 0.303 e. The first-order valence-corrected chi connectivity index (χ1v) is 8.74. The maximum absolute atomic E-state index is 12.0. The molecule has 0 aliphatic heterocycles. The number of ketones is 1. The van der Waals surface area contributed by atoms with Crippen LogP contribution < -0.4 is 0 Å². The first-order valence-electron chi connectivity index (χ1n) is 8.74. The van der Waals surface area contributed by atoms with Gasteiger partial charge >= 0.3 is 5.97 Å². The Kier molecular flexibility index (Phi) is 9.10. The van der Waals surface area contributed by atoms with Crippen LogP contribution in [-0.2, 0) is 9.59 Å². The van der Waals surface area contributed by atoms with Crippen molar-refractivity contribution in [3.05, 3.63) is 12.2 Å². The van der Waals surface area contributed by atoms with Crippen molar-refractivity contribution in [2.24, 2.45) is 11.8 Å². The molecule has 0 spiro atoms. The van der Waals surface area contributed by atoms with Crippen LogP contribution in [0.25, 0.3) is 0 Å². The zero-order valence-electron chi connectivity index (χ0n) is 14.0. The molecule has 1 fully saturated rings. The normalized spacial score (nSPS) is 26.0. The van der Waals surface area contributed by atoms with Crippen LogP contribution >= 0.6 is 0 Å². The molecular weight excluding hydrogens is 296 g/mol. The Morgan fingerprint density at radius 2 is 2.04 bits per heavy atom. The van der Waals surface area contributed by atoms with Gasteiger partial charge in [0.05, 0.1) is 12.2 Å². The van der Waals surface area contributed by atoms with Crippen LogP contribution in [0, 0.1) is 11.8 Å². The van der Waals surface area contributed by atoms with Gasteiger partial charge in [-0.15, -0.1) is 0 Å². The highest BCUT2D eigenvalue weighted by molar-refractivity contribution is 5.84. The summed E-state index contributed by atoms with van der Waals surface area (Å²) in [7, 11) is 0. The highest BCUT2D eigenvalue weighted by Gasteiger charge is 2.39. The standard InChI is InChI=1S/C18H30O5/c1-2-3-4-7-13(19)10-11-15-14(16(20)12-17(15)21)8-5-6-9-18(22)23/h10-11,13-15,17,19,21H,2-9,12H2,1H3,(H,22,23)/b11-10+/t13-,14-,15-,17-/m1/s1. The predicted molar refractivity (Wildman–Crippen MR) is 88.0 cm³/mol. The van der Waals surface area contributed by atoms with Crippen LogP contribution in [0.3, 0.4) is 0 Å². The summed E-state index contributed by atoms with van der Waals surface area (Å²) in [5.74, 6) is -1.29. The van der Waals surface area contributed by atoms with E-state index in [1.54, 1.807) is 12.2 Å². The van der Waals surface area contributed by atoms with E-state index in [1.807, 2.05) is 0 Å². The average molecular weight is 326 g/mol. The van der Waals surface area contributed by atoms with Gasteiger partial charge in [0.2, 0.25) is 0 Å². The molecule has 1 saturated carbocycles. The third-order valence-corrected chi connectivity index (χ3v) is 4.55. The molecule has 0 unspecified atom stereocenters. The lowest BCUT2D eigenvalue weighted by atomic mass is 9.88. The van der Waals surface area contributed by atoms with Gasteiger partial charge in [0.25, 0.3) is 0 Å². The molecule has 3 N–H and O–H groups in total. The third-order valence-electron chi connectivity index (χ3n) is 4.55. The Balaban J connectivity index is 2.48. The molecule has 0 aromatic rings. The summed E-state index contributed by atoms with van der Waals surface area (Å²) in [5.41, 5.74) is 0. The van der Waals surface area contributed by atoms with Crippen molar-refractivity contribution in [1.29, 1.82) is 0 Å². The highest BCUT2D eigenvalue weighted by Crippen LogP contribution is 2.34. The van der Waals surface area contributed by atoms with Crippen LogP contribution in [0.4, 0.5) is 0 Å². The minimum atomic E-state index is -0.825. The first-order chi connectivity index (χ1) is 11.0. The second kappa shape index (κ2) is 10.6. The molecule has 4 atom stereocenters. The number of carbonyl (C=O) groups is 2. The Labute approximate surface area is 138 Å². The van der Waals surface area contributed by atoms with E-state index < -0.39 is 18.2 Å². The fourth-order valence-corrected chi connectivity index (χ4v) is 3.19. The fraction of sp³-hybridized carbons (Fsp3) is 0.778. The number of carboxylic acids is 1. The van der Waals surface area contributed by atoms with E-state index in [4.69, 9.17) is 5.11 Å². The van der Waals surface area contributed by atoms with E-state index in [0.717, 1.165) is 19.3 Å². The molecule has 0 aromatic heterocycles. The summed E-state index contributed by atoms with van der Waals surface area (Å²) in [6, 6.07) is 0. The largest absolute Gasteiger partial charge is 0.481 e. The molecule has 1 aliphatic carbocycles. The van der Waals surface area contributed by atoms with Gasteiger partial charge in [-0.1, -0.05) is 44.8 Å². The highest BCUT2D eigenvalue weighted by atomic mass is 16.4. The molecule has 0 amide bonds. The number of aliphatic carboxylic acids is 1. The van der Waals surface area contributed by atoms with Crippen LogP contribution in [0.1, 0.15) is 64.7 Å². The number of hydrogen-bond donors (Lipinski definition) is 3. The lowest BCUT2D eigenvalue weighted by Crippen LogP contribution is -2.19. The lowest BCUT2D eigenvalue weighted by Gasteiger charge is -2.18.